The molecule has 2 heterocycles. The Morgan fingerprint density at radius 2 is 2.17 bits per heavy atom. The molecular formula is C13H21N5. The minimum atomic E-state index is 0.503. The lowest BCUT2D eigenvalue weighted by Gasteiger charge is -2.05. The molecule has 0 aromatic carbocycles. The van der Waals surface area contributed by atoms with Crippen molar-refractivity contribution in [2.24, 2.45) is 7.05 Å². The number of aryl methyl sites for hydroxylation is 3. The highest BCUT2D eigenvalue weighted by atomic mass is 15.3. The lowest BCUT2D eigenvalue weighted by atomic mass is 10.3. The zero-order chi connectivity index (χ0) is 13.0. The second kappa shape index (κ2) is 5.82. The van der Waals surface area contributed by atoms with Crippen molar-refractivity contribution in [3.8, 4) is 0 Å². The summed E-state index contributed by atoms with van der Waals surface area (Å²) in [5, 5.41) is 11.9. The second-order valence-electron chi connectivity index (χ2n) is 4.84. The molecule has 2 aromatic heterocycles. The zero-order valence-corrected chi connectivity index (χ0v) is 11.3. The minimum Gasteiger partial charge on any atom is -0.310 e. The first-order chi connectivity index (χ1) is 8.65. The van der Waals surface area contributed by atoms with Crippen LogP contribution >= 0.6 is 0 Å². The van der Waals surface area contributed by atoms with E-state index in [1.54, 1.807) is 0 Å². The van der Waals surface area contributed by atoms with Gasteiger partial charge in [0.2, 0.25) is 0 Å². The largest absolute Gasteiger partial charge is 0.310 e. The van der Waals surface area contributed by atoms with Crippen molar-refractivity contribution in [1.29, 1.82) is 0 Å². The van der Waals surface area contributed by atoms with E-state index in [1.807, 2.05) is 34.9 Å². The van der Waals surface area contributed by atoms with Crippen LogP contribution in [0.1, 0.15) is 25.1 Å². The molecule has 0 aliphatic carbocycles. The van der Waals surface area contributed by atoms with Crippen LogP contribution in [0.5, 0.6) is 0 Å². The van der Waals surface area contributed by atoms with Crippen LogP contribution in [0.3, 0.4) is 0 Å². The van der Waals surface area contributed by atoms with Crippen molar-refractivity contribution in [3.63, 3.8) is 0 Å². The molecule has 0 unspecified atom stereocenters. The summed E-state index contributed by atoms with van der Waals surface area (Å²) < 4.78 is 3.90. The molecule has 2 aromatic rings. The first-order valence-electron chi connectivity index (χ1n) is 6.37. The summed E-state index contributed by atoms with van der Waals surface area (Å²) in [6.45, 7) is 6.06. The van der Waals surface area contributed by atoms with E-state index in [4.69, 9.17) is 0 Å². The monoisotopic (exact) mass is 247 g/mol. The van der Waals surface area contributed by atoms with Gasteiger partial charge in [-0.25, -0.2) is 0 Å². The van der Waals surface area contributed by atoms with Gasteiger partial charge in [0.1, 0.15) is 0 Å². The van der Waals surface area contributed by atoms with Crippen LogP contribution in [-0.2, 0) is 26.6 Å². The van der Waals surface area contributed by atoms with Gasteiger partial charge < -0.3 is 5.32 Å². The lowest BCUT2D eigenvalue weighted by Crippen LogP contribution is -2.21. The Bertz CT molecular complexity index is 483. The highest BCUT2D eigenvalue weighted by molar-refractivity contribution is 5.04. The summed E-state index contributed by atoms with van der Waals surface area (Å²) in [7, 11) is 1.97. The van der Waals surface area contributed by atoms with Gasteiger partial charge in [-0.05, 0) is 6.07 Å². The standard InChI is InChI=1S/C13H21N5/c1-11(2)14-8-12-9-16-18(10-12)7-5-13-4-6-15-17(13)3/h4,6,9-11,14H,5,7-8H2,1-3H3. The van der Waals surface area contributed by atoms with Gasteiger partial charge in [-0.3, -0.25) is 9.36 Å². The fourth-order valence-electron chi connectivity index (χ4n) is 1.82. The Labute approximate surface area is 108 Å². The van der Waals surface area contributed by atoms with E-state index >= 15 is 0 Å². The molecule has 0 atom stereocenters. The summed E-state index contributed by atoms with van der Waals surface area (Å²) in [5.41, 5.74) is 2.46. The number of rotatable bonds is 6. The van der Waals surface area contributed by atoms with Crippen molar-refractivity contribution in [2.75, 3.05) is 0 Å². The molecule has 5 heteroatoms. The van der Waals surface area contributed by atoms with Crippen LogP contribution in [-0.4, -0.2) is 25.6 Å². The molecular weight excluding hydrogens is 226 g/mol. The highest BCUT2D eigenvalue weighted by Gasteiger charge is 2.02. The quantitative estimate of drug-likeness (QED) is 0.838. The van der Waals surface area contributed by atoms with Gasteiger partial charge in [-0.1, -0.05) is 13.8 Å². The Balaban J connectivity index is 1.85. The molecule has 1 N–H and O–H groups in total. The molecule has 0 spiro atoms. The summed E-state index contributed by atoms with van der Waals surface area (Å²) in [6, 6.07) is 2.55. The van der Waals surface area contributed by atoms with E-state index < -0.39 is 0 Å². The van der Waals surface area contributed by atoms with Crippen LogP contribution < -0.4 is 5.32 Å². The summed E-state index contributed by atoms with van der Waals surface area (Å²) in [5.74, 6) is 0. The van der Waals surface area contributed by atoms with E-state index in [2.05, 4.69) is 35.6 Å². The number of nitrogens with one attached hydrogen (secondary N) is 1. The van der Waals surface area contributed by atoms with E-state index in [9.17, 15) is 0 Å². The van der Waals surface area contributed by atoms with Crippen LogP contribution in [0.25, 0.3) is 0 Å². The minimum absolute atomic E-state index is 0.503. The van der Waals surface area contributed by atoms with E-state index in [0.717, 1.165) is 19.5 Å². The molecule has 0 bridgehead atoms. The third-order valence-electron chi connectivity index (χ3n) is 2.92. The first kappa shape index (κ1) is 12.8. The van der Waals surface area contributed by atoms with Crippen molar-refractivity contribution in [2.45, 2.75) is 39.4 Å². The highest BCUT2D eigenvalue weighted by Crippen LogP contribution is 2.02. The Morgan fingerprint density at radius 1 is 1.33 bits per heavy atom. The maximum Gasteiger partial charge on any atom is 0.0534 e. The molecule has 2 rings (SSSR count). The molecule has 98 valence electrons. The molecule has 5 nitrogen and oxygen atoms in total. The van der Waals surface area contributed by atoms with E-state index in [1.165, 1.54) is 11.3 Å². The number of nitrogens with zero attached hydrogens (tertiary/aromatic N) is 4. The average molecular weight is 247 g/mol. The van der Waals surface area contributed by atoms with Crippen LogP contribution in [0, 0.1) is 0 Å². The predicted octanol–water partition coefficient (Wildman–Crippen LogP) is 1.36. The molecule has 0 aliphatic rings. The fraction of sp³-hybridized carbons (Fsp3) is 0.538. The smallest absolute Gasteiger partial charge is 0.0534 e. The van der Waals surface area contributed by atoms with Gasteiger partial charge in [0.15, 0.2) is 0 Å². The maximum atomic E-state index is 4.37. The van der Waals surface area contributed by atoms with Crippen LogP contribution in [0.15, 0.2) is 24.7 Å². The third kappa shape index (κ3) is 3.43. The maximum absolute atomic E-state index is 4.37. The van der Waals surface area contributed by atoms with Gasteiger partial charge in [0.25, 0.3) is 0 Å². The van der Waals surface area contributed by atoms with Gasteiger partial charge in [0.05, 0.1) is 6.20 Å². The lowest BCUT2D eigenvalue weighted by molar-refractivity contribution is 0.578. The molecule has 0 amide bonds. The van der Waals surface area contributed by atoms with Crippen LogP contribution in [0.4, 0.5) is 0 Å². The predicted molar refractivity (Wildman–Crippen MR) is 71.1 cm³/mol. The third-order valence-corrected chi connectivity index (χ3v) is 2.92. The second-order valence-corrected chi connectivity index (χ2v) is 4.84. The molecule has 18 heavy (non-hydrogen) atoms. The molecule has 0 saturated carbocycles. The Morgan fingerprint density at radius 3 is 2.83 bits per heavy atom. The number of hydrogen-bond donors (Lipinski definition) is 1. The first-order valence-corrected chi connectivity index (χ1v) is 6.37. The van der Waals surface area contributed by atoms with Crippen molar-refractivity contribution >= 4 is 0 Å². The Hall–Kier alpha value is -1.62. The molecule has 0 fully saturated rings. The average Bonchev–Trinajstić information content (AvgIpc) is 2.93. The number of hydrogen-bond acceptors (Lipinski definition) is 3. The fourth-order valence-corrected chi connectivity index (χ4v) is 1.82. The van der Waals surface area contributed by atoms with Gasteiger partial charge >= 0.3 is 0 Å². The molecule has 0 saturated heterocycles. The summed E-state index contributed by atoms with van der Waals surface area (Å²) in [4.78, 5) is 0. The van der Waals surface area contributed by atoms with Gasteiger partial charge in [0, 0.05) is 56.3 Å². The Kier molecular flexibility index (Phi) is 4.15. The topological polar surface area (TPSA) is 47.7 Å². The summed E-state index contributed by atoms with van der Waals surface area (Å²) in [6.07, 6.45) is 6.82. The normalized spacial score (nSPS) is 11.3. The number of aromatic nitrogens is 4. The zero-order valence-electron chi connectivity index (χ0n) is 11.3. The van der Waals surface area contributed by atoms with Gasteiger partial charge in [-0.15, -0.1) is 0 Å². The van der Waals surface area contributed by atoms with E-state index in [0.29, 0.717) is 6.04 Å². The van der Waals surface area contributed by atoms with Crippen molar-refractivity contribution < 1.29 is 0 Å². The molecule has 0 aliphatic heterocycles. The van der Waals surface area contributed by atoms with Crippen molar-refractivity contribution in [3.05, 3.63) is 35.9 Å². The SMILES string of the molecule is CC(C)NCc1cnn(CCc2ccnn2C)c1. The van der Waals surface area contributed by atoms with Crippen LogP contribution in [0.2, 0.25) is 0 Å². The van der Waals surface area contributed by atoms with Crippen molar-refractivity contribution in [1.82, 2.24) is 24.9 Å². The van der Waals surface area contributed by atoms with Gasteiger partial charge in [-0.2, -0.15) is 10.2 Å². The van der Waals surface area contributed by atoms with E-state index in [-0.39, 0.29) is 0 Å². The summed E-state index contributed by atoms with van der Waals surface area (Å²) >= 11 is 0. The molecule has 0 radical (unpaired) electrons.